The van der Waals surface area contributed by atoms with Crippen LogP contribution in [-0.2, 0) is 4.79 Å². The van der Waals surface area contributed by atoms with Gasteiger partial charge in [-0.05, 0) is 26.9 Å². The van der Waals surface area contributed by atoms with Crippen molar-refractivity contribution in [1.82, 2.24) is 10.2 Å². The van der Waals surface area contributed by atoms with E-state index in [4.69, 9.17) is 5.11 Å². The number of hydrogen-bond acceptors (Lipinski definition) is 3. The Bertz CT molecular complexity index is 188. The second kappa shape index (κ2) is 4.07. The van der Waals surface area contributed by atoms with Gasteiger partial charge in [0.1, 0.15) is 0 Å². The van der Waals surface area contributed by atoms with Gasteiger partial charge in [0.15, 0.2) is 0 Å². The molecule has 0 radical (unpaired) electrons. The summed E-state index contributed by atoms with van der Waals surface area (Å²) in [5.41, 5.74) is -0.261. The number of amides is 1. The molecule has 0 saturated heterocycles. The lowest BCUT2D eigenvalue weighted by atomic mass is 10.2. The number of rotatable bonds is 5. The van der Waals surface area contributed by atoms with E-state index in [2.05, 4.69) is 5.32 Å². The highest BCUT2D eigenvalue weighted by atomic mass is 16.3. The van der Waals surface area contributed by atoms with Gasteiger partial charge >= 0.3 is 0 Å². The van der Waals surface area contributed by atoms with Crippen LogP contribution in [0.1, 0.15) is 19.3 Å². The molecule has 1 aliphatic carbocycles. The van der Waals surface area contributed by atoms with E-state index in [-0.39, 0.29) is 18.1 Å². The van der Waals surface area contributed by atoms with Crippen LogP contribution in [-0.4, -0.2) is 48.7 Å². The highest BCUT2D eigenvalue weighted by Crippen LogP contribution is 2.34. The van der Waals surface area contributed by atoms with Gasteiger partial charge in [-0.1, -0.05) is 0 Å². The first-order chi connectivity index (χ1) is 6.08. The van der Waals surface area contributed by atoms with Gasteiger partial charge < -0.3 is 15.3 Å². The van der Waals surface area contributed by atoms with Crippen LogP contribution in [0.3, 0.4) is 0 Å². The minimum atomic E-state index is -0.261. The molecule has 1 fully saturated rings. The summed E-state index contributed by atoms with van der Waals surface area (Å²) in [5, 5.41) is 11.8. The first-order valence-electron chi connectivity index (χ1n) is 4.65. The molecule has 0 aromatic heterocycles. The third-order valence-corrected chi connectivity index (χ3v) is 2.35. The van der Waals surface area contributed by atoms with Gasteiger partial charge in [0.2, 0.25) is 5.91 Å². The van der Waals surface area contributed by atoms with Crippen molar-refractivity contribution in [2.75, 3.05) is 27.2 Å². The van der Waals surface area contributed by atoms with Gasteiger partial charge in [-0.15, -0.1) is 0 Å². The Labute approximate surface area is 78.9 Å². The number of aliphatic hydroxyl groups is 1. The fraction of sp³-hybridized carbons (Fsp3) is 0.889. The molecule has 13 heavy (non-hydrogen) atoms. The van der Waals surface area contributed by atoms with Crippen LogP contribution >= 0.6 is 0 Å². The Balaban J connectivity index is 2.18. The highest BCUT2D eigenvalue weighted by Gasteiger charge is 2.43. The zero-order valence-corrected chi connectivity index (χ0v) is 8.34. The first kappa shape index (κ1) is 10.5. The normalized spacial score (nSPS) is 18.8. The fourth-order valence-corrected chi connectivity index (χ4v) is 1.16. The maximum absolute atomic E-state index is 11.3. The van der Waals surface area contributed by atoms with Crippen LogP contribution in [0.15, 0.2) is 0 Å². The molecular weight excluding hydrogens is 168 g/mol. The summed E-state index contributed by atoms with van der Waals surface area (Å²) < 4.78 is 0. The smallest absolute Gasteiger partial charge is 0.221 e. The third kappa shape index (κ3) is 3.32. The molecule has 1 aliphatic rings. The number of carbonyl (C=O) groups is 1. The average Bonchev–Trinajstić information content (AvgIpc) is 2.82. The van der Waals surface area contributed by atoms with Crippen LogP contribution in [0.25, 0.3) is 0 Å². The molecule has 4 nitrogen and oxygen atoms in total. The van der Waals surface area contributed by atoms with Gasteiger partial charge in [0.25, 0.3) is 0 Å². The molecular formula is C9H18N2O2. The van der Waals surface area contributed by atoms with Crippen molar-refractivity contribution >= 4 is 5.91 Å². The van der Waals surface area contributed by atoms with Crippen LogP contribution in [0.5, 0.6) is 0 Å². The Kier molecular flexibility index (Phi) is 3.27. The quantitative estimate of drug-likeness (QED) is 0.613. The summed E-state index contributed by atoms with van der Waals surface area (Å²) in [6.45, 7) is 0.827. The number of nitrogens with one attached hydrogen (secondary N) is 1. The van der Waals surface area contributed by atoms with Gasteiger partial charge in [0.05, 0.1) is 12.1 Å². The highest BCUT2D eigenvalue weighted by molar-refractivity contribution is 5.77. The summed E-state index contributed by atoms with van der Waals surface area (Å²) in [6.07, 6.45) is 2.34. The Morgan fingerprint density at radius 2 is 2.15 bits per heavy atom. The largest absolute Gasteiger partial charge is 0.394 e. The van der Waals surface area contributed by atoms with Crippen LogP contribution in [0.4, 0.5) is 0 Å². The molecule has 0 aromatic rings. The van der Waals surface area contributed by atoms with Crippen molar-refractivity contribution in [1.29, 1.82) is 0 Å². The van der Waals surface area contributed by atoms with E-state index in [0.29, 0.717) is 6.42 Å². The summed E-state index contributed by atoms with van der Waals surface area (Å²) in [4.78, 5) is 13.3. The van der Waals surface area contributed by atoms with Crippen LogP contribution < -0.4 is 5.32 Å². The second-order valence-electron chi connectivity index (χ2n) is 4.04. The SMILES string of the molecule is CN(C)CCC(=O)NC1(CO)CC1. The molecule has 1 rings (SSSR count). The monoisotopic (exact) mass is 186 g/mol. The fourth-order valence-electron chi connectivity index (χ4n) is 1.16. The molecule has 0 spiro atoms. The molecule has 0 aliphatic heterocycles. The second-order valence-corrected chi connectivity index (χ2v) is 4.04. The van der Waals surface area contributed by atoms with Gasteiger partial charge in [-0.2, -0.15) is 0 Å². The number of nitrogens with zero attached hydrogens (tertiary/aromatic N) is 1. The minimum absolute atomic E-state index is 0.0419. The zero-order valence-electron chi connectivity index (χ0n) is 8.34. The lowest BCUT2D eigenvalue weighted by molar-refractivity contribution is -0.122. The molecule has 4 heteroatoms. The lowest BCUT2D eigenvalue weighted by Crippen LogP contribution is -2.40. The van der Waals surface area contributed by atoms with Crippen molar-refractivity contribution in [3.63, 3.8) is 0 Å². The Morgan fingerprint density at radius 1 is 1.54 bits per heavy atom. The molecule has 2 N–H and O–H groups in total. The number of aliphatic hydroxyl groups excluding tert-OH is 1. The van der Waals surface area contributed by atoms with E-state index in [1.54, 1.807) is 0 Å². The molecule has 1 saturated carbocycles. The summed E-state index contributed by atoms with van der Waals surface area (Å²) >= 11 is 0. The Hall–Kier alpha value is -0.610. The van der Waals surface area contributed by atoms with Crippen molar-refractivity contribution in [2.45, 2.75) is 24.8 Å². The minimum Gasteiger partial charge on any atom is -0.394 e. The lowest BCUT2D eigenvalue weighted by Gasteiger charge is -2.15. The predicted molar refractivity (Wildman–Crippen MR) is 50.4 cm³/mol. The first-order valence-corrected chi connectivity index (χ1v) is 4.65. The molecule has 0 atom stereocenters. The Morgan fingerprint density at radius 3 is 2.54 bits per heavy atom. The maximum Gasteiger partial charge on any atom is 0.221 e. The number of hydrogen-bond donors (Lipinski definition) is 2. The maximum atomic E-state index is 11.3. The summed E-state index contributed by atoms with van der Waals surface area (Å²) in [5.74, 6) is 0.0419. The molecule has 1 amide bonds. The molecule has 0 aromatic carbocycles. The van der Waals surface area contributed by atoms with E-state index < -0.39 is 0 Å². The number of carbonyl (C=O) groups excluding carboxylic acids is 1. The molecule has 76 valence electrons. The average molecular weight is 186 g/mol. The topological polar surface area (TPSA) is 52.6 Å². The van der Waals surface area contributed by atoms with E-state index in [1.165, 1.54) is 0 Å². The third-order valence-electron chi connectivity index (χ3n) is 2.35. The van der Waals surface area contributed by atoms with Crippen molar-refractivity contribution < 1.29 is 9.90 Å². The van der Waals surface area contributed by atoms with E-state index in [9.17, 15) is 4.79 Å². The van der Waals surface area contributed by atoms with Crippen molar-refractivity contribution in [3.8, 4) is 0 Å². The standard InChI is InChI=1S/C9H18N2O2/c1-11(2)6-3-8(13)10-9(7-12)4-5-9/h12H,3-7H2,1-2H3,(H,10,13). The van der Waals surface area contributed by atoms with Gasteiger partial charge in [-0.3, -0.25) is 4.79 Å². The zero-order chi connectivity index (χ0) is 9.90. The van der Waals surface area contributed by atoms with Gasteiger partial charge in [-0.25, -0.2) is 0 Å². The van der Waals surface area contributed by atoms with Crippen LogP contribution in [0, 0.1) is 0 Å². The van der Waals surface area contributed by atoms with E-state index >= 15 is 0 Å². The van der Waals surface area contributed by atoms with Crippen LogP contribution in [0.2, 0.25) is 0 Å². The van der Waals surface area contributed by atoms with Crippen molar-refractivity contribution in [2.24, 2.45) is 0 Å². The molecule has 0 heterocycles. The van der Waals surface area contributed by atoms with Crippen molar-refractivity contribution in [3.05, 3.63) is 0 Å². The summed E-state index contributed by atoms with van der Waals surface area (Å²) in [7, 11) is 3.87. The van der Waals surface area contributed by atoms with Gasteiger partial charge in [0, 0.05) is 13.0 Å². The molecule has 0 unspecified atom stereocenters. The van der Waals surface area contributed by atoms with E-state index in [1.807, 2.05) is 19.0 Å². The summed E-state index contributed by atoms with van der Waals surface area (Å²) in [6, 6.07) is 0. The molecule has 0 bridgehead atoms. The predicted octanol–water partition coefficient (Wildman–Crippen LogP) is -0.421. The van der Waals surface area contributed by atoms with E-state index in [0.717, 1.165) is 19.4 Å².